The zero-order valence-electron chi connectivity index (χ0n) is 28.5. The Hall–Kier alpha value is 0.0300. The molecule has 0 aromatic carbocycles. The minimum Gasteiger partial charge on any atom is -0.151 e. The van der Waals surface area contributed by atoms with Gasteiger partial charge in [-0.2, -0.15) is 4.91 Å². The second kappa shape index (κ2) is 28.8. The molecule has 0 aromatic heterocycles. The average Bonchev–Trinajstić information content (AvgIpc) is 2.97. The summed E-state index contributed by atoms with van der Waals surface area (Å²) in [5.41, 5.74) is 0. The molecule has 0 saturated heterocycles. The van der Waals surface area contributed by atoms with E-state index >= 15 is 0 Å². The van der Waals surface area contributed by atoms with Crippen molar-refractivity contribution >= 4 is 9.24 Å². The number of hydrogen-bond acceptors (Lipinski definition) is 2. The van der Waals surface area contributed by atoms with Gasteiger partial charge in [-0.3, -0.25) is 0 Å². The van der Waals surface area contributed by atoms with E-state index in [1.54, 1.807) is 0 Å². The molecule has 0 aliphatic heterocycles. The molecule has 0 bridgehead atoms. The lowest BCUT2D eigenvalue weighted by molar-refractivity contribution is 0.259. The van der Waals surface area contributed by atoms with E-state index in [0.29, 0.717) is 12.5 Å². The predicted molar refractivity (Wildman–Crippen MR) is 189 cm³/mol. The van der Waals surface area contributed by atoms with Crippen LogP contribution in [0.3, 0.4) is 0 Å². The molecule has 5 unspecified atom stereocenters. The van der Waals surface area contributed by atoms with E-state index in [1.807, 2.05) is 0 Å². The van der Waals surface area contributed by atoms with Crippen LogP contribution in [-0.4, -0.2) is 12.7 Å². The van der Waals surface area contributed by atoms with Crippen LogP contribution >= 0.6 is 9.24 Å². The molecule has 0 aromatic rings. The first kappa shape index (κ1) is 39.1. The van der Waals surface area contributed by atoms with Crippen molar-refractivity contribution in [1.29, 1.82) is 0 Å². The summed E-state index contributed by atoms with van der Waals surface area (Å²) in [5.74, 6) is 4.33. The maximum atomic E-state index is 10.9. The Labute approximate surface area is 261 Å². The number of nitrogens with zero attached hydrogens (tertiary/aromatic N) is 1. The minimum absolute atomic E-state index is 0.512. The summed E-state index contributed by atoms with van der Waals surface area (Å²) in [6, 6.07) is 0. The molecule has 0 amide bonds. The highest BCUT2D eigenvalue weighted by molar-refractivity contribution is 7.16. The molecular formula is C38H76NOP. The van der Waals surface area contributed by atoms with Crippen molar-refractivity contribution in [2.75, 3.05) is 12.7 Å². The molecule has 0 radical (unpaired) electrons. The van der Waals surface area contributed by atoms with Crippen molar-refractivity contribution < 1.29 is 0 Å². The first-order chi connectivity index (χ1) is 20.1. The van der Waals surface area contributed by atoms with Crippen LogP contribution in [-0.2, 0) is 0 Å². The van der Waals surface area contributed by atoms with Crippen LogP contribution in [0.5, 0.6) is 0 Å². The van der Waals surface area contributed by atoms with Gasteiger partial charge in [-0.15, -0.1) is 9.24 Å². The van der Waals surface area contributed by atoms with Crippen LogP contribution in [0.2, 0.25) is 0 Å². The first-order valence-electron chi connectivity index (χ1n) is 19.1. The third-order valence-electron chi connectivity index (χ3n) is 10.6. The summed E-state index contributed by atoms with van der Waals surface area (Å²) in [5, 5.41) is 3.22. The summed E-state index contributed by atoms with van der Waals surface area (Å²) in [6.07, 6.45) is 40.9. The van der Waals surface area contributed by atoms with E-state index in [9.17, 15) is 4.91 Å². The highest BCUT2D eigenvalue weighted by atomic mass is 31.0. The molecule has 0 N–H and O–H groups in total. The topological polar surface area (TPSA) is 29.4 Å². The number of rotatable bonds is 21. The normalized spacial score (nSPS) is 23.4. The Morgan fingerprint density at radius 1 is 0.634 bits per heavy atom. The third kappa shape index (κ3) is 23.1. The number of unbranched alkanes of at least 4 members (excludes halogenated alkanes) is 7. The maximum Gasteiger partial charge on any atom is 0.0813 e. The molecule has 3 heteroatoms. The van der Waals surface area contributed by atoms with Gasteiger partial charge in [-0.05, 0) is 61.4 Å². The fourth-order valence-corrected chi connectivity index (χ4v) is 8.37. The quantitative estimate of drug-likeness (QED) is 0.0739. The first-order valence-corrected chi connectivity index (χ1v) is 19.9. The van der Waals surface area contributed by atoms with Crippen molar-refractivity contribution in [3.8, 4) is 0 Å². The predicted octanol–water partition coefficient (Wildman–Crippen LogP) is 13.7. The summed E-state index contributed by atoms with van der Waals surface area (Å²) in [6.45, 7) is 7.72. The Morgan fingerprint density at radius 3 is 1.93 bits per heavy atom. The maximum absolute atomic E-state index is 10.9. The third-order valence-corrected chi connectivity index (χ3v) is 10.9. The van der Waals surface area contributed by atoms with E-state index in [0.717, 1.165) is 36.3 Å². The van der Waals surface area contributed by atoms with E-state index < -0.39 is 0 Å². The van der Waals surface area contributed by atoms with Crippen molar-refractivity contribution in [3.63, 3.8) is 0 Å². The summed E-state index contributed by atoms with van der Waals surface area (Å²) in [7, 11) is 2.92. The van der Waals surface area contributed by atoms with Crippen molar-refractivity contribution in [1.82, 2.24) is 0 Å². The zero-order valence-corrected chi connectivity index (χ0v) is 29.7. The van der Waals surface area contributed by atoms with Gasteiger partial charge in [0.25, 0.3) is 0 Å². The highest BCUT2D eigenvalue weighted by Gasteiger charge is 2.21. The molecule has 41 heavy (non-hydrogen) atoms. The molecule has 0 spiro atoms. The fraction of sp³-hybridized carbons (Fsp3) is 1.00. The lowest BCUT2D eigenvalue weighted by Crippen LogP contribution is -2.15. The molecule has 1 aliphatic rings. The van der Waals surface area contributed by atoms with Crippen LogP contribution in [0.4, 0.5) is 0 Å². The van der Waals surface area contributed by atoms with Crippen LogP contribution in [0.25, 0.3) is 0 Å². The summed E-state index contributed by atoms with van der Waals surface area (Å²) >= 11 is 0. The zero-order chi connectivity index (χ0) is 29.8. The van der Waals surface area contributed by atoms with Gasteiger partial charge >= 0.3 is 0 Å². The molecule has 6 atom stereocenters. The van der Waals surface area contributed by atoms with Crippen molar-refractivity contribution in [3.05, 3.63) is 4.91 Å². The molecule has 1 fully saturated rings. The van der Waals surface area contributed by atoms with Gasteiger partial charge in [0.2, 0.25) is 0 Å². The van der Waals surface area contributed by atoms with Gasteiger partial charge in [0.1, 0.15) is 0 Å². The standard InChI is InChI=1S/C38H76NOP/c1-4-6-8-9-13-17-22-35(21-15-7-5-2)26-27-36-23-18-14-11-10-12-16-20-34(3)32-38(25-19-24-36)33-37(29-31-41)28-30-39-40/h34-38H,4-33,41H2,1-3H3/t34-,35?,36?,37?,38?/m1/s1. The Bertz CT molecular complexity index is 554. The Balaban J connectivity index is 2.73. The van der Waals surface area contributed by atoms with Crippen LogP contribution in [0.1, 0.15) is 201 Å². The highest BCUT2D eigenvalue weighted by Crippen LogP contribution is 2.34. The van der Waals surface area contributed by atoms with Crippen LogP contribution in [0, 0.1) is 34.5 Å². The number of hydrogen-bond donors (Lipinski definition) is 0. The fourth-order valence-electron chi connectivity index (χ4n) is 7.90. The Morgan fingerprint density at radius 2 is 1.22 bits per heavy atom. The van der Waals surface area contributed by atoms with Crippen molar-refractivity contribution in [2.45, 2.75) is 201 Å². The number of nitroso groups, excluding NO2 is 1. The molecule has 244 valence electrons. The molecule has 1 rings (SSSR count). The minimum atomic E-state index is 0.512. The average molecular weight is 594 g/mol. The lowest BCUT2D eigenvalue weighted by Gasteiger charge is -2.27. The van der Waals surface area contributed by atoms with Crippen LogP contribution in [0.15, 0.2) is 5.18 Å². The summed E-state index contributed by atoms with van der Waals surface area (Å²) in [4.78, 5) is 10.9. The van der Waals surface area contributed by atoms with E-state index in [2.05, 4.69) is 35.2 Å². The Kier molecular flexibility index (Phi) is 27.4. The second-order valence-electron chi connectivity index (χ2n) is 14.5. The smallest absolute Gasteiger partial charge is 0.0813 e. The molecule has 1 aliphatic carbocycles. The van der Waals surface area contributed by atoms with Gasteiger partial charge in [0, 0.05) is 0 Å². The van der Waals surface area contributed by atoms with Gasteiger partial charge < -0.3 is 0 Å². The molecule has 1 saturated carbocycles. The molecule has 0 heterocycles. The molecular weight excluding hydrogens is 517 g/mol. The van der Waals surface area contributed by atoms with Gasteiger partial charge in [-0.1, -0.05) is 180 Å². The second-order valence-corrected chi connectivity index (χ2v) is 15.1. The SMILES string of the molecule is CCCCCCCCC(CCCCC)CCC1CCCCCCCC[C@@H](C)CC(CC(CCP)CCN=O)CCC1. The van der Waals surface area contributed by atoms with Gasteiger partial charge in [0.05, 0.1) is 6.54 Å². The van der Waals surface area contributed by atoms with E-state index in [-0.39, 0.29) is 0 Å². The summed E-state index contributed by atoms with van der Waals surface area (Å²) < 4.78 is 0. The van der Waals surface area contributed by atoms with Gasteiger partial charge in [-0.25, -0.2) is 0 Å². The van der Waals surface area contributed by atoms with Crippen molar-refractivity contribution in [2.24, 2.45) is 34.8 Å². The van der Waals surface area contributed by atoms with E-state index in [4.69, 9.17) is 0 Å². The monoisotopic (exact) mass is 594 g/mol. The van der Waals surface area contributed by atoms with Crippen LogP contribution < -0.4 is 0 Å². The van der Waals surface area contributed by atoms with E-state index in [1.165, 1.54) is 173 Å². The lowest BCUT2D eigenvalue weighted by atomic mass is 9.79. The van der Waals surface area contributed by atoms with Gasteiger partial charge in [0.15, 0.2) is 0 Å². The largest absolute Gasteiger partial charge is 0.151 e. The molecule has 2 nitrogen and oxygen atoms in total.